The number of aryl methyl sites for hydroxylation is 1. The maximum Gasteiger partial charge on any atom is 0.213 e. The van der Waals surface area contributed by atoms with Crippen LogP contribution in [0.1, 0.15) is 11.1 Å². The van der Waals surface area contributed by atoms with Gasteiger partial charge in [0.2, 0.25) is 10.0 Å². The first-order valence-corrected chi connectivity index (χ1v) is 7.33. The van der Waals surface area contributed by atoms with Crippen molar-refractivity contribution in [1.29, 1.82) is 0 Å². The van der Waals surface area contributed by atoms with Crippen molar-refractivity contribution in [3.63, 3.8) is 0 Å². The molecule has 3 nitrogen and oxygen atoms in total. The van der Waals surface area contributed by atoms with Crippen molar-refractivity contribution >= 4 is 10.0 Å². The highest BCUT2D eigenvalue weighted by Crippen LogP contribution is 2.25. The van der Waals surface area contributed by atoms with Crippen molar-refractivity contribution in [2.75, 3.05) is 0 Å². The monoisotopic (exact) mass is 261 g/mol. The lowest BCUT2D eigenvalue weighted by Gasteiger charge is -2.09. The molecule has 0 bridgehead atoms. The molecule has 2 aromatic carbocycles. The van der Waals surface area contributed by atoms with Gasteiger partial charge in [-0.25, -0.2) is 13.6 Å². The molecule has 0 aliphatic carbocycles. The van der Waals surface area contributed by atoms with Crippen molar-refractivity contribution < 1.29 is 8.42 Å². The Labute approximate surface area is 107 Å². The molecule has 0 unspecified atom stereocenters. The summed E-state index contributed by atoms with van der Waals surface area (Å²) in [4.78, 5) is 0. The van der Waals surface area contributed by atoms with Gasteiger partial charge in [-0.1, -0.05) is 54.1 Å². The van der Waals surface area contributed by atoms with Crippen molar-refractivity contribution in [3.05, 3.63) is 59.7 Å². The molecule has 0 amide bonds. The van der Waals surface area contributed by atoms with Gasteiger partial charge in [0.15, 0.2) is 0 Å². The zero-order valence-electron chi connectivity index (χ0n) is 10.1. The number of benzene rings is 2. The van der Waals surface area contributed by atoms with Crippen molar-refractivity contribution in [1.82, 2.24) is 0 Å². The largest absolute Gasteiger partial charge is 0.228 e. The fourth-order valence-electron chi connectivity index (χ4n) is 1.88. The van der Waals surface area contributed by atoms with E-state index in [0.29, 0.717) is 0 Å². The van der Waals surface area contributed by atoms with Crippen LogP contribution in [0.15, 0.2) is 48.5 Å². The lowest BCUT2D eigenvalue weighted by Crippen LogP contribution is -2.15. The van der Waals surface area contributed by atoms with E-state index in [4.69, 9.17) is 5.14 Å². The Kier molecular flexibility index (Phi) is 3.50. The Morgan fingerprint density at radius 2 is 1.61 bits per heavy atom. The van der Waals surface area contributed by atoms with Crippen LogP contribution < -0.4 is 5.14 Å². The van der Waals surface area contributed by atoms with Gasteiger partial charge in [-0.15, -0.1) is 0 Å². The van der Waals surface area contributed by atoms with Gasteiger partial charge in [0.05, 0.1) is 5.75 Å². The van der Waals surface area contributed by atoms with E-state index in [-0.39, 0.29) is 5.75 Å². The standard InChI is InChI=1S/C14H15NO2S/c1-11-6-8-12(9-7-11)14-5-3-2-4-13(14)10-18(15,16)17/h2-9H,10H2,1H3,(H2,15,16,17). The summed E-state index contributed by atoms with van der Waals surface area (Å²) in [7, 11) is -3.52. The molecule has 0 aromatic heterocycles. The van der Waals surface area contributed by atoms with E-state index in [2.05, 4.69) is 0 Å². The first-order chi connectivity index (χ1) is 8.46. The Hall–Kier alpha value is -1.65. The Morgan fingerprint density at radius 3 is 2.22 bits per heavy atom. The average molecular weight is 261 g/mol. The molecule has 0 spiro atoms. The predicted molar refractivity (Wildman–Crippen MR) is 73.4 cm³/mol. The quantitative estimate of drug-likeness (QED) is 0.922. The van der Waals surface area contributed by atoms with Crippen LogP contribution in [-0.2, 0) is 15.8 Å². The smallest absolute Gasteiger partial charge is 0.213 e. The van der Waals surface area contributed by atoms with Crippen LogP contribution in [0, 0.1) is 6.92 Å². The van der Waals surface area contributed by atoms with Crippen LogP contribution in [0.4, 0.5) is 0 Å². The summed E-state index contributed by atoms with van der Waals surface area (Å²) in [6.45, 7) is 2.01. The minimum atomic E-state index is -3.52. The summed E-state index contributed by atoms with van der Waals surface area (Å²) in [6, 6.07) is 15.4. The molecule has 0 saturated heterocycles. The maximum atomic E-state index is 11.2. The molecule has 0 aliphatic rings. The van der Waals surface area contributed by atoms with Crippen LogP contribution in [-0.4, -0.2) is 8.42 Å². The van der Waals surface area contributed by atoms with Crippen LogP contribution >= 0.6 is 0 Å². The van der Waals surface area contributed by atoms with Crippen molar-refractivity contribution in [2.45, 2.75) is 12.7 Å². The number of hydrogen-bond acceptors (Lipinski definition) is 2. The molecule has 2 N–H and O–H groups in total. The molecule has 0 aliphatic heterocycles. The molecular weight excluding hydrogens is 246 g/mol. The highest BCUT2D eigenvalue weighted by Gasteiger charge is 2.10. The molecule has 0 atom stereocenters. The lowest BCUT2D eigenvalue weighted by atomic mass is 10.00. The lowest BCUT2D eigenvalue weighted by molar-refractivity contribution is 0.597. The van der Waals surface area contributed by atoms with Gasteiger partial charge in [-0.3, -0.25) is 0 Å². The maximum absolute atomic E-state index is 11.2. The van der Waals surface area contributed by atoms with E-state index in [1.54, 1.807) is 6.07 Å². The number of hydrogen-bond donors (Lipinski definition) is 1. The average Bonchev–Trinajstić information content (AvgIpc) is 2.29. The second-order valence-corrected chi connectivity index (χ2v) is 5.94. The Balaban J connectivity index is 2.48. The number of primary sulfonamides is 1. The van der Waals surface area contributed by atoms with E-state index in [1.807, 2.05) is 49.4 Å². The normalized spacial score (nSPS) is 11.4. The third kappa shape index (κ3) is 3.18. The Morgan fingerprint density at radius 1 is 1.00 bits per heavy atom. The predicted octanol–water partition coefficient (Wildman–Crippen LogP) is 2.45. The van der Waals surface area contributed by atoms with E-state index in [0.717, 1.165) is 16.7 Å². The van der Waals surface area contributed by atoms with Crippen LogP contribution in [0.25, 0.3) is 11.1 Å². The van der Waals surface area contributed by atoms with Gasteiger partial charge in [-0.05, 0) is 23.6 Å². The van der Waals surface area contributed by atoms with E-state index < -0.39 is 10.0 Å². The fourth-order valence-corrected chi connectivity index (χ4v) is 2.56. The topological polar surface area (TPSA) is 60.2 Å². The third-order valence-electron chi connectivity index (χ3n) is 2.74. The van der Waals surface area contributed by atoms with Crippen LogP contribution in [0.3, 0.4) is 0 Å². The molecule has 18 heavy (non-hydrogen) atoms. The van der Waals surface area contributed by atoms with Gasteiger partial charge in [0.1, 0.15) is 0 Å². The van der Waals surface area contributed by atoms with Gasteiger partial charge in [0, 0.05) is 0 Å². The fraction of sp³-hybridized carbons (Fsp3) is 0.143. The molecule has 2 aromatic rings. The zero-order chi connectivity index (χ0) is 13.2. The van der Waals surface area contributed by atoms with Crippen LogP contribution in [0.2, 0.25) is 0 Å². The van der Waals surface area contributed by atoms with Gasteiger partial charge < -0.3 is 0 Å². The highest BCUT2D eigenvalue weighted by atomic mass is 32.2. The molecule has 4 heteroatoms. The number of nitrogens with two attached hydrogens (primary N) is 1. The summed E-state index contributed by atoms with van der Waals surface area (Å²) < 4.78 is 22.4. The molecule has 94 valence electrons. The zero-order valence-corrected chi connectivity index (χ0v) is 10.9. The van der Waals surface area contributed by atoms with Crippen molar-refractivity contribution in [3.8, 4) is 11.1 Å². The van der Waals surface area contributed by atoms with E-state index >= 15 is 0 Å². The first kappa shape index (κ1) is 12.8. The molecule has 0 heterocycles. The second-order valence-electron chi connectivity index (χ2n) is 4.33. The summed E-state index contributed by atoms with van der Waals surface area (Å²) in [5.41, 5.74) is 3.80. The van der Waals surface area contributed by atoms with Crippen LogP contribution in [0.5, 0.6) is 0 Å². The second kappa shape index (κ2) is 4.92. The van der Waals surface area contributed by atoms with E-state index in [9.17, 15) is 8.42 Å². The summed E-state index contributed by atoms with van der Waals surface area (Å²) in [6.07, 6.45) is 0. The highest BCUT2D eigenvalue weighted by molar-refractivity contribution is 7.88. The van der Waals surface area contributed by atoms with E-state index in [1.165, 1.54) is 5.56 Å². The molecule has 0 radical (unpaired) electrons. The van der Waals surface area contributed by atoms with Gasteiger partial charge >= 0.3 is 0 Å². The van der Waals surface area contributed by atoms with Gasteiger partial charge in [0.25, 0.3) is 0 Å². The molecule has 0 fully saturated rings. The molecule has 0 saturated carbocycles. The summed E-state index contributed by atoms with van der Waals surface area (Å²) in [5, 5.41) is 5.11. The van der Waals surface area contributed by atoms with Crippen molar-refractivity contribution in [2.24, 2.45) is 5.14 Å². The first-order valence-electron chi connectivity index (χ1n) is 5.61. The number of sulfonamides is 1. The number of rotatable bonds is 3. The molecule has 2 rings (SSSR count). The SMILES string of the molecule is Cc1ccc(-c2ccccc2CS(N)(=O)=O)cc1. The summed E-state index contributed by atoms with van der Waals surface area (Å²) >= 11 is 0. The minimum absolute atomic E-state index is 0.142. The molecular formula is C14H15NO2S. The minimum Gasteiger partial charge on any atom is -0.228 e. The Bertz CT molecular complexity index is 646. The summed E-state index contributed by atoms with van der Waals surface area (Å²) in [5.74, 6) is -0.142. The third-order valence-corrected chi connectivity index (χ3v) is 3.45. The van der Waals surface area contributed by atoms with Gasteiger partial charge in [-0.2, -0.15) is 0 Å².